The van der Waals surface area contributed by atoms with E-state index in [1.54, 1.807) is 0 Å². The molecule has 0 spiro atoms. The van der Waals surface area contributed by atoms with Gasteiger partial charge < -0.3 is 0 Å². The lowest BCUT2D eigenvalue weighted by Gasteiger charge is -2.10. The summed E-state index contributed by atoms with van der Waals surface area (Å²) in [4.78, 5) is -0.541. The molecular weight excluding hydrogens is 345 g/mol. The van der Waals surface area contributed by atoms with Gasteiger partial charge in [0.1, 0.15) is 0 Å². The molecule has 0 aliphatic rings. The number of hydrogen-bond donors (Lipinski definition) is 2. The molecule has 22 heavy (non-hydrogen) atoms. The second kappa shape index (κ2) is 6.94. The first-order valence-electron chi connectivity index (χ1n) is 6.12. The molecule has 0 bridgehead atoms. The molecule has 6 nitrogen and oxygen atoms in total. The second-order valence-electron chi connectivity index (χ2n) is 4.22. The van der Waals surface area contributed by atoms with Crippen LogP contribution in [-0.4, -0.2) is 35.7 Å². The minimum Gasteiger partial charge on any atom is -0.214 e. The van der Waals surface area contributed by atoms with Crippen LogP contribution in [0.1, 0.15) is 12.5 Å². The molecule has 0 heterocycles. The maximum absolute atomic E-state index is 12.5. The van der Waals surface area contributed by atoms with Crippen LogP contribution in [0.3, 0.4) is 0 Å². The van der Waals surface area contributed by atoms with Crippen molar-refractivity contribution in [1.29, 1.82) is 0 Å². The fourth-order valence-electron chi connectivity index (χ4n) is 1.42. The quantitative estimate of drug-likeness (QED) is 0.708. The first-order valence-corrected chi connectivity index (χ1v) is 9.26. The Hall–Kier alpha value is -1.17. The topological polar surface area (TPSA) is 92.3 Å². The molecule has 0 atom stereocenters. The van der Waals surface area contributed by atoms with Crippen molar-refractivity contribution in [2.45, 2.75) is 18.0 Å². The van der Waals surface area contributed by atoms with E-state index < -0.39 is 36.7 Å². The maximum Gasteiger partial charge on any atom is 0.416 e. The summed E-state index contributed by atoms with van der Waals surface area (Å²) in [5.41, 5.74) is -1.08. The molecule has 0 saturated carbocycles. The molecule has 126 valence electrons. The Bertz CT molecular complexity index is 715. The van der Waals surface area contributed by atoms with Crippen molar-refractivity contribution in [3.63, 3.8) is 0 Å². The summed E-state index contributed by atoms with van der Waals surface area (Å²) in [5.74, 6) is -0.159. The van der Waals surface area contributed by atoms with E-state index >= 15 is 0 Å². The third-order valence-electron chi connectivity index (χ3n) is 2.59. The summed E-state index contributed by atoms with van der Waals surface area (Å²) < 4.78 is 87.8. The SMILES string of the molecule is CCS(=O)(=O)NCCNS(=O)(=O)c1cccc(C(F)(F)F)c1. The average molecular weight is 360 g/mol. The zero-order valence-corrected chi connectivity index (χ0v) is 13.1. The molecule has 0 fully saturated rings. The highest BCUT2D eigenvalue weighted by atomic mass is 32.2. The van der Waals surface area contributed by atoms with Crippen molar-refractivity contribution in [3.05, 3.63) is 29.8 Å². The third kappa shape index (κ3) is 5.55. The lowest BCUT2D eigenvalue weighted by atomic mass is 10.2. The van der Waals surface area contributed by atoms with E-state index in [2.05, 4.69) is 4.72 Å². The van der Waals surface area contributed by atoms with Crippen LogP contribution < -0.4 is 9.44 Å². The number of hydrogen-bond acceptors (Lipinski definition) is 4. The number of benzene rings is 1. The van der Waals surface area contributed by atoms with Crippen LogP contribution in [0.15, 0.2) is 29.2 Å². The van der Waals surface area contributed by atoms with E-state index in [1.165, 1.54) is 6.92 Å². The van der Waals surface area contributed by atoms with Crippen molar-refractivity contribution in [1.82, 2.24) is 9.44 Å². The van der Waals surface area contributed by atoms with Crippen molar-refractivity contribution in [3.8, 4) is 0 Å². The van der Waals surface area contributed by atoms with Gasteiger partial charge in [0, 0.05) is 13.1 Å². The Kier molecular flexibility index (Phi) is 5.96. The molecule has 0 aliphatic heterocycles. The Labute approximate surface area is 126 Å². The number of rotatable bonds is 7. The van der Waals surface area contributed by atoms with E-state index in [-0.39, 0.29) is 18.8 Å². The van der Waals surface area contributed by atoms with Gasteiger partial charge in [0.2, 0.25) is 20.0 Å². The molecule has 11 heteroatoms. The van der Waals surface area contributed by atoms with Crippen LogP contribution in [-0.2, 0) is 26.2 Å². The molecule has 1 aromatic rings. The van der Waals surface area contributed by atoms with Crippen molar-refractivity contribution >= 4 is 20.0 Å². The van der Waals surface area contributed by atoms with Gasteiger partial charge in [-0.05, 0) is 25.1 Å². The van der Waals surface area contributed by atoms with E-state index in [0.717, 1.165) is 18.2 Å². The fourth-order valence-corrected chi connectivity index (χ4v) is 3.11. The number of nitrogens with one attached hydrogen (secondary N) is 2. The number of halogens is 3. The molecule has 1 rings (SSSR count). The highest BCUT2D eigenvalue weighted by molar-refractivity contribution is 7.89. The number of alkyl halides is 3. The standard InChI is InChI=1S/C11H15F3N2O4S2/c1-2-21(17,18)15-6-7-16-22(19,20)10-5-3-4-9(8-10)11(12,13)14/h3-5,8,15-16H,2,6-7H2,1H3. The van der Waals surface area contributed by atoms with E-state index in [1.807, 2.05) is 4.72 Å². The molecule has 1 aromatic carbocycles. The molecule has 0 amide bonds. The smallest absolute Gasteiger partial charge is 0.214 e. The zero-order chi connectivity index (χ0) is 17.0. The summed E-state index contributed by atoms with van der Waals surface area (Å²) in [6.07, 6.45) is -4.65. The van der Waals surface area contributed by atoms with E-state index in [0.29, 0.717) is 6.07 Å². The van der Waals surface area contributed by atoms with Gasteiger partial charge in [-0.3, -0.25) is 0 Å². The predicted octanol–water partition coefficient (Wildman–Crippen LogP) is 0.923. The fraction of sp³-hybridized carbons (Fsp3) is 0.455. The monoisotopic (exact) mass is 360 g/mol. The molecule has 0 aromatic heterocycles. The van der Waals surface area contributed by atoms with Gasteiger partial charge in [-0.25, -0.2) is 26.3 Å². The maximum atomic E-state index is 12.5. The summed E-state index contributed by atoms with van der Waals surface area (Å²) in [7, 11) is -7.61. The molecule has 0 saturated heterocycles. The normalized spacial score (nSPS) is 13.3. The Morgan fingerprint density at radius 3 is 2.18 bits per heavy atom. The van der Waals surface area contributed by atoms with Gasteiger partial charge in [0.15, 0.2) is 0 Å². The first-order chi connectivity index (χ1) is 9.98. The Morgan fingerprint density at radius 1 is 1.05 bits per heavy atom. The summed E-state index contributed by atoms with van der Waals surface area (Å²) >= 11 is 0. The van der Waals surface area contributed by atoms with E-state index in [4.69, 9.17) is 0 Å². The predicted molar refractivity (Wildman–Crippen MR) is 74.1 cm³/mol. The Morgan fingerprint density at radius 2 is 1.64 bits per heavy atom. The summed E-state index contributed by atoms with van der Waals surface area (Å²) in [5, 5.41) is 0. The van der Waals surface area contributed by atoms with Crippen LogP contribution in [0.4, 0.5) is 13.2 Å². The first kappa shape index (κ1) is 18.9. The minimum absolute atomic E-state index is 0.159. The lowest BCUT2D eigenvalue weighted by Crippen LogP contribution is -2.35. The molecule has 2 N–H and O–H groups in total. The number of sulfonamides is 2. The third-order valence-corrected chi connectivity index (χ3v) is 5.45. The van der Waals surface area contributed by atoms with Crippen molar-refractivity contribution in [2.24, 2.45) is 0 Å². The van der Waals surface area contributed by atoms with Crippen LogP contribution in [0, 0.1) is 0 Å². The van der Waals surface area contributed by atoms with Crippen LogP contribution in [0.25, 0.3) is 0 Å². The molecule has 0 radical (unpaired) electrons. The lowest BCUT2D eigenvalue weighted by molar-refractivity contribution is -0.137. The van der Waals surface area contributed by atoms with Gasteiger partial charge >= 0.3 is 6.18 Å². The largest absolute Gasteiger partial charge is 0.416 e. The van der Waals surface area contributed by atoms with Gasteiger partial charge in [0.05, 0.1) is 16.2 Å². The van der Waals surface area contributed by atoms with Gasteiger partial charge in [-0.15, -0.1) is 0 Å². The minimum atomic E-state index is -4.65. The second-order valence-corrected chi connectivity index (χ2v) is 8.08. The van der Waals surface area contributed by atoms with Crippen LogP contribution >= 0.6 is 0 Å². The molecule has 0 aliphatic carbocycles. The van der Waals surface area contributed by atoms with Gasteiger partial charge in [-0.2, -0.15) is 13.2 Å². The van der Waals surface area contributed by atoms with E-state index in [9.17, 15) is 30.0 Å². The van der Waals surface area contributed by atoms with Crippen LogP contribution in [0.2, 0.25) is 0 Å². The molecule has 0 unspecified atom stereocenters. The summed E-state index contributed by atoms with van der Waals surface area (Å²) in [6.45, 7) is 0.932. The Balaban J connectivity index is 2.75. The summed E-state index contributed by atoms with van der Waals surface area (Å²) in [6, 6.07) is 3.28. The highest BCUT2D eigenvalue weighted by Crippen LogP contribution is 2.30. The van der Waals surface area contributed by atoms with Gasteiger partial charge in [0.25, 0.3) is 0 Å². The highest BCUT2D eigenvalue weighted by Gasteiger charge is 2.31. The average Bonchev–Trinajstić information content (AvgIpc) is 2.43. The van der Waals surface area contributed by atoms with Crippen molar-refractivity contribution < 1.29 is 30.0 Å². The zero-order valence-electron chi connectivity index (χ0n) is 11.5. The molecular formula is C11H15F3N2O4S2. The van der Waals surface area contributed by atoms with Crippen LogP contribution in [0.5, 0.6) is 0 Å². The van der Waals surface area contributed by atoms with Gasteiger partial charge in [-0.1, -0.05) is 6.07 Å². The van der Waals surface area contributed by atoms with Crippen molar-refractivity contribution in [2.75, 3.05) is 18.8 Å².